The summed E-state index contributed by atoms with van der Waals surface area (Å²) in [7, 11) is 0. The maximum Gasteiger partial charge on any atom is 0.320 e. The summed E-state index contributed by atoms with van der Waals surface area (Å²) in [5, 5.41) is 10.7. The molecular weight excluding hydrogens is 314 g/mol. The van der Waals surface area contributed by atoms with E-state index in [9.17, 15) is 9.90 Å². The van der Waals surface area contributed by atoms with Gasteiger partial charge in [-0.3, -0.25) is 19.7 Å². The van der Waals surface area contributed by atoms with Crippen LogP contribution in [-0.2, 0) is 4.79 Å². The second-order valence-electron chi connectivity index (χ2n) is 6.38. The van der Waals surface area contributed by atoms with Gasteiger partial charge in [-0.25, -0.2) is 0 Å². The van der Waals surface area contributed by atoms with Crippen LogP contribution in [-0.4, -0.2) is 38.5 Å². The van der Waals surface area contributed by atoms with Crippen LogP contribution in [0.1, 0.15) is 30.0 Å². The highest BCUT2D eigenvalue weighted by molar-refractivity contribution is 5.79. The number of benzene rings is 1. The molecule has 0 radical (unpaired) electrons. The SMILES string of the molecule is O=C(O)C1CCCN1C(c1ccncc1)c1cnc2ccccc2c1. The Morgan fingerprint density at radius 2 is 1.96 bits per heavy atom. The van der Waals surface area contributed by atoms with E-state index in [1.807, 2.05) is 42.6 Å². The molecule has 1 saturated heterocycles. The van der Waals surface area contributed by atoms with Crippen molar-refractivity contribution in [1.82, 2.24) is 14.9 Å². The van der Waals surface area contributed by atoms with Gasteiger partial charge in [-0.15, -0.1) is 0 Å². The van der Waals surface area contributed by atoms with Gasteiger partial charge in [0.1, 0.15) is 6.04 Å². The van der Waals surface area contributed by atoms with Crippen LogP contribution in [0.25, 0.3) is 10.9 Å². The van der Waals surface area contributed by atoms with E-state index in [4.69, 9.17) is 0 Å². The standard InChI is InChI=1S/C20H19N3O2/c24-20(25)18-6-3-11-23(18)19(14-7-9-21-10-8-14)16-12-15-4-1-2-5-17(15)22-13-16/h1-2,4-5,7-10,12-13,18-19H,3,6,11H2,(H,24,25). The number of pyridine rings is 2. The van der Waals surface area contributed by atoms with Crippen LogP contribution in [0.15, 0.2) is 61.1 Å². The molecule has 0 spiro atoms. The first-order valence-corrected chi connectivity index (χ1v) is 8.47. The third-order valence-electron chi connectivity index (χ3n) is 4.86. The van der Waals surface area contributed by atoms with Gasteiger partial charge in [-0.2, -0.15) is 0 Å². The van der Waals surface area contributed by atoms with E-state index < -0.39 is 12.0 Å². The number of hydrogen-bond donors (Lipinski definition) is 1. The molecule has 2 aromatic heterocycles. The summed E-state index contributed by atoms with van der Waals surface area (Å²) in [6.45, 7) is 0.761. The van der Waals surface area contributed by atoms with Gasteiger partial charge in [0.15, 0.2) is 0 Å². The molecule has 1 N–H and O–H groups in total. The Kier molecular flexibility index (Phi) is 4.15. The number of aromatic nitrogens is 2. The molecule has 4 rings (SSSR count). The van der Waals surface area contributed by atoms with Gasteiger partial charge in [-0.05, 0) is 48.2 Å². The lowest BCUT2D eigenvalue weighted by Crippen LogP contribution is -2.39. The molecule has 1 fully saturated rings. The minimum atomic E-state index is -0.759. The third-order valence-corrected chi connectivity index (χ3v) is 4.86. The average molecular weight is 333 g/mol. The number of likely N-dealkylation sites (tertiary alicyclic amines) is 1. The van der Waals surface area contributed by atoms with E-state index in [0.29, 0.717) is 6.42 Å². The Bertz CT molecular complexity index is 898. The molecule has 0 saturated carbocycles. The number of para-hydroxylation sites is 1. The fraction of sp³-hybridized carbons (Fsp3) is 0.250. The number of rotatable bonds is 4. The van der Waals surface area contributed by atoms with Gasteiger partial charge >= 0.3 is 5.97 Å². The molecular formula is C20H19N3O2. The van der Waals surface area contributed by atoms with Crippen LogP contribution in [0.3, 0.4) is 0 Å². The quantitative estimate of drug-likeness (QED) is 0.794. The van der Waals surface area contributed by atoms with Crippen molar-refractivity contribution in [3.63, 3.8) is 0 Å². The largest absolute Gasteiger partial charge is 0.480 e. The third kappa shape index (κ3) is 2.98. The lowest BCUT2D eigenvalue weighted by Gasteiger charge is -2.31. The summed E-state index contributed by atoms with van der Waals surface area (Å²) < 4.78 is 0. The van der Waals surface area contributed by atoms with Crippen molar-refractivity contribution in [2.45, 2.75) is 24.9 Å². The van der Waals surface area contributed by atoms with Crippen LogP contribution < -0.4 is 0 Å². The molecule has 126 valence electrons. The summed E-state index contributed by atoms with van der Waals surface area (Å²) in [4.78, 5) is 22.5. The highest BCUT2D eigenvalue weighted by Gasteiger charge is 2.37. The summed E-state index contributed by atoms with van der Waals surface area (Å²) in [6.07, 6.45) is 6.94. The van der Waals surface area contributed by atoms with Crippen molar-refractivity contribution in [3.8, 4) is 0 Å². The van der Waals surface area contributed by atoms with Gasteiger partial charge < -0.3 is 5.11 Å². The van der Waals surface area contributed by atoms with E-state index in [0.717, 1.165) is 35.0 Å². The Labute approximate surface area is 146 Å². The van der Waals surface area contributed by atoms with Gasteiger partial charge in [0, 0.05) is 30.5 Å². The van der Waals surface area contributed by atoms with E-state index in [1.165, 1.54) is 0 Å². The summed E-state index contributed by atoms with van der Waals surface area (Å²) in [5.74, 6) is -0.759. The highest BCUT2D eigenvalue weighted by atomic mass is 16.4. The van der Waals surface area contributed by atoms with Crippen molar-refractivity contribution in [1.29, 1.82) is 0 Å². The summed E-state index contributed by atoms with van der Waals surface area (Å²) in [6, 6.07) is 13.4. The predicted octanol–water partition coefficient (Wildman–Crippen LogP) is 3.27. The van der Waals surface area contributed by atoms with Crippen molar-refractivity contribution < 1.29 is 9.90 Å². The topological polar surface area (TPSA) is 66.3 Å². The summed E-state index contributed by atoms with van der Waals surface area (Å²) in [5.41, 5.74) is 2.99. The number of carbonyl (C=O) groups is 1. The molecule has 3 heterocycles. The molecule has 5 heteroatoms. The zero-order chi connectivity index (χ0) is 17.2. The van der Waals surface area contributed by atoms with E-state index in [1.54, 1.807) is 12.4 Å². The normalized spacial score (nSPS) is 19.1. The predicted molar refractivity (Wildman–Crippen MR) is 95.2 cm³/mol. The molecule has 1 aromatic carbocycles. The lowest BCUT2D eigenvalue weighted by atomic mass is 9.97. The molecule has 3 aromatic rings. The van der Waals surface area contributed by atoms with Crippen molar-refractivity contribution in [3.05, 3.63) is 72.2 Å². The zero-order valence-electron chi connectivity index (χ0n) is 13.7. The number of fused-ring (bicyclic) bond motifs is 1. The average Bonchev–Trinajstić information content (AvgIpc) is 3.12. The lowest BCUT2D eigenvalue weighted by molar-refractivity contribution is -0.142. The Balaban J connectivity index is 1.83. The number of aliphatic carboxylic acids is 1. The van der Waals surface area contributed by atoms with Crippen LogP contribution in [0.2, 0.25) is 0 Å². The molecule has 0 aliphatic carbocycles. The number of carboxylic acid groups (broad SMARTS) is 1. The summed E-state index contributed by atoms with van der Waals surface area (Å²) >= 11 is 0. The molecule has 0 bridgehead atoms. The smallest absolute Gasteiger partial charge is 0.320 e. The fourth-order valence-corrected chi connectivity index (χ4v) is 3.72. The minimum absolute atomic E-state index is 0.135. The van der Waals surface area contributed by atoms with Crippen LogP contribution >= 0.6 is 0 Å². The Hall–Kier alpha value is -2.79. The van der Waals surface area contributed by atoms with Gasteiger partial charge in [0.25, 0.3) is 0 Å². The van der Waals surface area contributed by atoms with Gasteiger partial charge in [-0.1, -0.05) is 18.2 Å². The minimum Gasteiger partial charge on any atom is -0.480 e. The molecule has 0 amide bonds. The maximum atomic E-state index is 11.7. The van der Waals surface area contributed by atoms with E-state index in [-0.39, 0.29) is 6.04 Å². The second-order valence-corrected chi connectivity index (χ2v) is 6.38. The van der Waals surface area contributed by atoms with E-state index in [2.05, 4.69) is 20.9 Å². The number of carboxylic acids is 1. The van der Waals surface area contributed by atoms with Crippen LogP contribution in [0, 0.1) is 0 Å². The molecule has 2 unspecified atom stereocenters. The van der Waals surface area contributed by atoms with Crippen molar-refractivity contribution in [2.75, 3.05) is 6.54 Å². The molecule has 5 nitrogen and oxygen atoms in total. The first-order chi connectivity index (χ1) is 12.2. The second kappa shape index (κ2) is 6.61. The van der Waals surface area contributed by atoms with Gasteiger partial charge in [0.2, 0.25) is 0 Å². The fourth-order valence-electron chi connectivity index (χ4n) is 3.72. The van der Waals surface area contributed by atoms with Gasteiger partial charge in [0.05, 0.1) is 11.6 Å². The first kappa shape index (κ1) is 15.7. The van der Waals surface area contributed by atoms with Crippen molar-refractivity contribution >= 4 is 16.9 Å². The molecule has 1 aliphatic rings. The Morgan fingerprint density at radius 1 is 1.16 bits per heavy atom. The molecule has 25 heavy (non-hydrogen) atoms. The highest BCUT2D eigenvalue weighted by Crippen LogP contribution is 2.35. The van der Waals surface area contributed by atoms with Crippen LogP contribution in [0.4, 0.5) is 0 Å². The maximum absolute atomic E-state index is 11.7. The van der Waals surface area contributed by atoms with Crippen LogP contribution in [0.5, 0.6) is 0 Å². The first-order valence-electron chi connectivity index (χ1n) is 8.47. The molecule has 1 aliphatic heterocycles. The Morgan fingerprint density at radius 3 is 2.76 bits per heavy atom. The molecule has 2 atom stereocenters. The number of hydrogen-bond acceptors (Lipinski definition) is 4. The zero-order valence-corrected chi connectivity index (χ0v) is 13.7. The monoisotopic (exact) mass is 333 g/mol. The van der Waals surface area contributed by atoms with Crippen molar-refractivity contribution in [2.24, 2.45) is 0 Å². The van der Waals surface area contributed by atoms with E-state index >= 15 is 0 Å². The number of nitrogens with zero attached hydrogens (tertiary/aromatic N) is 3.